The first-order valence-electron chi connectivity index (χ1n) is 10.6. The van der Waals surface area contributed by atoms with Crippen molar-refractivity contribution in [1.82, 2.24) is 0 Å². The van der Waals surface area contributed by atoms with Crippen LogP contribution < -0.4 is 0 Å². The smallest absolute Gasteiger partial charge is 0.169 e. The Bertz CT molecular complexity index is 952. The zero-order valence-corrected chi connectivity index (χ0v) is 17.2. The summed E-state index contributed by atoms with van der Waals surface area (Å²) in [5.74, 6) is -6.20. The zero-order chi connectivity index (χ0) is 21.8. The van der Waals surface area contributed by atoms with Gasteiger partial charge in [-0.1, -0.05) is 31.9 Å². The van der Waals surface area contributed by atoms with Crippen LogP contribution in [0.25, 0.3) is 16.6 Å². The van der Waals surface area contributed by atoms with E-state index in [-0.39, 0.29) is 17.4 Å². The van der Waals surface area contributed by atoms with Crippen LogP contribution in [0.4, 0.5) is 22.0 Å². The third-order valence-electron chi connectivity index (χ3n) is 6.16. The SMILES string of the molecule is C=CCCc1cc2ccc(C(F)=C(F)C3CCC(CCC)CC3)c(F)c2c(F)c1F. The highest BCUT2D eigenvalue weighted by Crippen LogP contribution is 2.40. The molecule has 2 aromatic rings. The van der Waals surface area contributed by atoms with Crippen molar-refractivity contribution in [3.8, 4) is 0 Å². The van der Waals surface area contributed by atoms with Crippen molar-refractivity contribution in [1.29, 1.82) is 0 Å². The minimum absolute atomic E-state index is 0.0954. The maximum absolute atomic E-state index is 15.0. The molecule has 1 aliphatic carbocycles. The Morgan fingerprint density at radius 2 is 1.73 bits per heavy atom. The Labute approximate surface area is 174 Å². The number of benzene rings is 2. The number of halogens is 5. The van der Waals surface area contributed by atoms with Crippen LogP contribution >= 0.6 is 0 Å². The molecule has 1 fully saturated rings. The number of hydrogen-bond acceptors (Lipinski definition) is 0. The summed E-state index contributed by atoms with van der Waals surface area (Å²) in [6.07, 6.45) is 6.99. The van der Waals surface area contributed by atoms with Gasteiger partial charge in [-0.3, -0.25) is 0 Å². The minimum atomic E-state index is -1.38. The largest absolute Gasteiger partial charge is 0.208 e. The highest BCUT2D eigenvalue weighted by Gasteiger charge is 2.28. The molecular weight excluding hydrogens is 395 g/mol. The van der Waals surface area contributed by atoms with E-state index in [0.717, 1.165) is 31.7 Å². The van der Waals surface area contributed by atoms with E-state index in [2.05, 4.69) is 13.5 Å². The van der Waals surface area contributed by atoms with Crippen LogP contribution in [0.3, 0.4) is 0 Å². The molecule has 0 saturated heterocycles. The molecule has 0 heterocycles. The quantitative estimate of drug-likeness (QED) is 0.310. The summed E-state index contributed by atoms with van der Waals surface area (Å²) < 4.78 is 73.6. The summed E-state index contributed by atoms with van der Waals surface area (Å²) in [4.78, 5) is 0. The molecule has 30 heavy (non-hydrogen) atoms. The fourth-order valence-corrected chi connectivity index (χ4v) is 4.47. The molecule has 0 N–H and O–H groups in total. The maximum Gasteiger partial charge on any atom is 0.169 e. The van der Waals surface area contributed by atoms with Crippen LogP contribution in [0, 0.1) is 29.3 Å². The molecule has 2 aromatic carbocycles. The van der Waals surface area contributed by atoms with E-state index in [1.807, 2.05) is 0 Å². The van der Waals surface area contributed by atoms with Crippen LogP contribution in [-0.4, -0.2) is 0 Å². The van der Waals surface area contributed by atoms with E-state index in [1.54, 1.807) is 6.08 Å². The van der Waals surface area contributed by atoms with Crippen molar-refractivity contribution >= 4 is 16.6 Å². The van der Waals surface area contributed by atoms with Gasteiger partial charge >= 0.3 is 0 Å². The average Bonchev–Trinajstić information content (AvgIpc) is 2.75. The van der Waals surface area contributed by atoms with Crippen LogP contribution in [0.2, 0.25) is 0 Å². The molecule has 0 nitrogen and oxygen atoms in total. The summed E-state index contributed by atoms with van der Waals surface area (Å²) in [6.45, 7) is 5.64. The van der Waals surface area contributed by atoms with E-state index in [0.29, 0.717) is 25.2 Å². The summed E-state index contributed by atoms with van der Waals surface area (Å²) >= 11 is 0. The lowest BCUT2D eigenvalue weighted by Crippen LogP contribution is -2.15. The Hall–Kier alpha value is -2.17. The first-order chi connectivity index (χ1) is 14.4. The van der Waals surface area contributed by atoms with Crippen molar-refractivity contribution in [3.05, 3.63) is 65.3 Å². The molecule has 3 rings (SSSR count). The zero-order valence-electron chi connectivity index (χ0n) is 17.2. The molecule has 0 amide bonds. The number of aryl methyl sites for hydroxylation is 1. The highest BCUT2D eigenvalue weighted by atomic mass is 19.2. The Morgan fingerprint density at radius 3 is 2.37 bits per heavy atom. The summed E-state index contributed by atoms with van der Waals surface area (Å²) in [6, 6.07) is 3.75. The Kier molecular flexibility index (Phi) is 7.32. The fraction of sp³-hybridized carbons (Fsp3) is 0.440. The van der Waals surface area contributed by atoms with Gasteiger partial charge in [-0.05, 0) is 67.5 Å². The average molecular weight is 422 g/mol. The van der Waals surface area contributed by atoms with Gasteiger partial charge in [0.1, 0.15) is 11.6 Å². The van der Waals surface area contributed by atoms with Gasteiger partial charge in [-0.15, -0.1) is 6.58 Å². The molecule has 0 bridgehead atoms. The Morgan fingerprint density at radius 1 is 1.03 bits per heavy atom. The summed E-state index contributed by atoms with van der Waals surface area (Å²) in [5.41, 5.74) is -0.564. The van der Waals surface area contributed by atoms with Crippen molar-refractivity contribution in [2.75, 3.05) is 0 Å². The number of rotatable bonds is 7. The van der Waals surface area contributed by atoms with Crippen molar-refractivity contribution in [2.45, 2.75) is 58.3 Å². The monoisotopic (exact) mass is 422 g/mol. The van der Waals surface area contributed by atoms with Gasteiger partial charge in [0, 0.05) is 11.5 Å². The second-order valence-corrected chi connectivity index (χ2v) is 8.18. The van der Waals surface area contributed by atoms with Gasteiger partial charge in [0.05, 0.1) is 5.39 Å². The van der Waals surface area contributed by atoms with Crippen molar-refractivity contribution in [3.63, 3.8) is 0 Å². The molecule has 162 valence electrons. The minimum Gasteiger partial charge on any atom is -0.208 e. The third kappa shape index (κ3) is 4.45. The van der Waals surface area contributed by atoms with E-state index in [9.17, 15) is 22.0 Å². The van der Waals surface area contributed by atoms with E-state index in [1.165, 1.54) is 12.1 Å². The summed E-state index contributed by atoms with van der Waals surface area (Å²) in [7, 11) is 0. The molecule has 5 heteroatoms. The standard InChI is InChI=1S/C25H27F5/c1-3-5-7-18-14-17-12-13-19(23(28)20(17)25(30)22(18)27)24(29)21(26)16-10-8-15(6-4-2)9-11-16/h3,12-16H,1,4-11H2,2H3. The first kappa shape index (κ1) is 22.5. The van der Waals surface area contributed by atoms with E-state index < -0.39 is 46.0 Å². The summed E-state index contributed by atoms with van der Waals surface area (Å²) in [5, 5.41) is -0.538. The van der Waals surface area contributed by atoms with Gasteiger partial charge in [0.2, 0.25) is 0 Å². The third-order valence-corrected chi connectivity index (χ3v) is 6.16. The molecule has 0 atom stereocenters. The second-order valence-electron chi connectivity index (χ2n) is 8.18. The predicted molar refractivity (Wildman–Crippen MR) is 112 cm³/mol. The van der Waals surface area contributed by atoms with Crippen LogP contribution in [0.5, 0.6) is 0 Å². The lowest BCUT2D eigenvalue weighted by Gasteiger charge is -2.27. The number of allylic oxidation sites excluding steroid dienone is 2. The lowest BCUT2D eigenvalue weighted by molar-refractivity contribution is 0.261. The van der Waals surface area contributed by atoms with E-state index >= 15 is 0 Å². The molecule has 0 aliphatic heterocycles. The molecule has 0 spiro atoms. The van der Waals surface area contributed by atoms with Gasteiger partial charge in [0.25, 0.3) is 0 Å². The maximum atomic E-state index is 15.0. The molecule has 0 unspecified atom stereocenters. The topological polar surface area (TPSA) is 0 Å². The van der Waals surface area contributed by atoms with Crippen molar-refractivity contribution in [2.24, 2.45) is 11.8 Å². The van der Waals surface area contributed by atoms with Crippen LogP contribution in [-0.2, 0) is 6.42 Å². The van der Waals surface area contributed by atoms with Crippen LogP contribution in [0.15, 0.2) is 36.7 Å². The molecule has 0 radical (unpaired) electrons. The molecule has 0 aromatic heterocycles. The molecular formula is C25H27F5. The van der Waals surface area contributed by atoms with Gasteiger partial charge < -0.3 is 0 Å². The molecule has 1 saturated carbocycles. The number of hydrogen-bond donors (Lipinski definition) is 0. The van der Waals surface area contributed by atoms with E-state index in [4.69, 9.17) is 0 Å². The fourth-order valence-electron chi connectivity index (χ4n) is 4.47. The second kappa shape index (κ2) is 9.76. The Balaban J connectivity index is 1.96. The van der Waals surface area contributed by atoms with Gasteiger partial charge in [0.15, 0.2) is 17.5 Å². The van der Waals surface area contributed by atoms with Crippen LogP contribution in [0.1, 0.15) is 63.0 Å². The first-order valence-corrected chi connectivity index (χ1v) is 10.6. The van der Waals surface area contributed by atoms with Gasteiger partial charge in [-0.25, -0.2) is 22.0 Å². The lowest BCUT2D eigenvalue weighted by atomic mass is 9.79. The number of fused-ring (bicyclic) bond motifs is 1. The van der Waals surface area contributed by atoms with Gasteiger partial charge in [-0.2, -0.15) is 0 Å². The molecule has 1 aliphatic rings. The highest BCUT2D eigenvalue weighted by molar-refractivity contribution is 5.88. The van der Waals surface area contributed by atoms with Crippen molar-refractivity contribution < 1.29 is 22.0 Å². The normalized spacial score (nSPS) is 20.3. The predicted octanol–water partition coefficient (Wildman–Crippen LogP) is 8.59.